The SMILES string of the molecule is CCOc1cc(Cl)nc(-c2ccco2)n1. The molecule has 78 valence electrons. The van der Waals surface area contributed by atoms with Crippen molar-refractivity contribution < 1.29 is 9.15 Å². The molecule has 0 saturated heterocycles. The van der Waals surface area contributed by atoms with E-state index in [1.54, 1.807) is 24.5 Å². The molecular weight excluding hydrogens is 216 g/mol. The van der Waals surface area contributed by atoms with Crippen LogP contribution >= 0.6 is 11.6 Å². The van der Waals surface area contributed by atoms with Crippen LogP contribution in [0.5, 0.6) is 5.88 Å². The number of furan rings is 1. The molecule has 0 aliphatic rings. The van der Waals surface area contributed by atoms with Crippen LogP contribution in [0.2, 0.25) is 5.15 Å². The van der Waals surface area contributed by atoms with Gasteiger partial charge in [-0.15, -0.1) is 0 Å². The Kier molecular flexibility index (Phi) is 2.87. The lowest BCUT2D eigenvalue weighted by Gasteiger charge is -2.03. The van der Waals surface area contributed by atoms with E-state index in [9.17, 15) is 0 Å². The molecule has 0 N–H and O–H groups in total. The lowest BCUT2D eigenvalue weighted by molar-refractivity contribution is 0.326. The lowest BCUT2D eigenvalue weighted by Crippen LogP contribution is -1.97. The summed E-state index contributed by atoms with van der Waals surface area (Å²) in [6.45, 7) is 2.41. The zero-order valence-electron chi connectivity index (χ0n) is 8.11. The molecule has 0 fully saturated rings. The van der Waals surface area contributed by atoms with Gasteiger partial charge in [-0.1, -0.05) is 11.6 Å². The van der Waals surface area contributed by atoms with Crippen LogP contribution in [-0.2, 0) is 0 Å². The first-order chi connectivity index (χ1) is 7.29. The monoisotopic (exact) mass is 224 g/mol. The second-order valence-corrected chi connectivity index (χ2v) is 3.15. The van der Waals surface area contributed by atoms with Crippen LogP contribution < -0.4 is 4.74 Å². The summed E-state index contributed by atoms with van der Waals surface area (Å²) in [5.41, 5.74) is 0. The van der Waals surface area contributed by atoms with Gasteiger partial charge in [0.1, 0.15) is 5.15 Å². The fraction of sp³-hybridized carbons (Fsp3) is 0.200. The quantitative estimate of drug-likeness (QED) is 0.753. The third kappa shape index (κ3) is 2.27. The van der Waals surface area contributed by atoms with E-state index in [-0.39, 0.29) is 0 Å². The highest BCUT2D eigenvalue weighted by molar-refractivity contribution is 6.29. The Balaban J connectivity index is 2.40. The minimum atomic E-state index is 0.333. The van der Waals surface area contributed by atoms with Crippen LogP contribution in [0.3, 0.4) is 0 Å². The Morgan fingerprint density at radius 3 is 3.00 bits per heavy atom. The average Bonchev–Trinajstić information content (AvgIpc) is 2.70. The number of nitrogens with zero attached hydrogens (tertiary/aromatic N) is 2. The predicted molar refractivity (Wildman–Crippen MR) is 55.9 cm³/mol. The normalized spacial score (nSPS) is 10.3. The third-order valence-corrected chi connectivity index (χ3v) is 1.90. The van der Waals surface area contributed by atoms with E-state index >= 15 is 0 Å². The summed E-state index contributed by atoms with van der Waals surface area (Å²) in [5, 5.41) is 0.333. The van der Waals surface area contributed by atoms with Crippen molar-refractivity contribution in [3.05, 3.63) is 29.6 Å². The number of halogens is 1. The van der Waals surface area contributed by atoms with Crippen LogP contribution in [0.25, 0.3) is 11.6 Å². The number of hydrogen-bond donors (Lipinski definition) is 0. The van der Waals surface area contributed by atoms with Gasteiger partial charge in [0.15, 0.2) is 11.6 Å². The summed E-state index contributed by atoms with van der Waals surface area (Å²) in [7, 11) is 0. The molecule has 0 radical (unpaired) electrons. The average molecular weight is 225 g/mol. The first-order valence-electron chi connectivity index (χ1n) is 4.51. The van der Waals surface area contributed by atoms with Crippen molar-refractivity contribution in [2.24, 2.45) is 0 Å². The molecule has 2 heterocycles. The minimum absolute atomic E-state index is 0.333. The number of ether oxygens (including phenoxy) is 1. The van der Waals surface area contributed by atoms with Gasteiger partial charge in [0.05, 0.1) is 12.9 Å². The molecule has 4 nitrogen and oxygen atoms in total. The van der Waals surface area contributed by atoms with Crippen LogP contribution in [0.15, 0.2) is 28.9 Å². The first kappa shape index (κ1) is 9.98. The number of hydrogen-bond acceptors (Lipinski definition) is 4. The van der Waals surface area contributed by atoms with Gasteiger partial charge in [-0.2, -0.15) is 4.98 Å². The van der Waals surface area contributed by atoms with Gasteiger partial charge in [-0.3, -0.25) is 0 Å². The maximum Gasteiger partial charge on any atom is 0.218 e. The molecule has 0 spiro atoms. The van der Waals surface area contributed by atoms with E-state index in [0.29, 0.717) is 29.2 Å². The van der Waals surface area contributed by atoms with Gasteiger partial charge in [0, 0.05) is 6.07 Å². The summed E-state index contributed by atoms with van der Waals surface area (Å²) in [4.78, 5) is 8.19. The summed E-state index contributed by atoms with van der Waals surface area (Å²) in [5.74, 6) is 1.44. The van der Waals surface area contributed by atoms with Crippen molar-refractivity contribution in [2.75, 3.05) is 6.61 Å². The van der Waals surface area contributed by atoms with Gasteiger partial charge < -0.3 is 9.15 Å². The molecule has 0 aliphatic heterocycles. The topological polar surface area (TPSA) is 48.2 Å². The van der Waals surface area contributed by atoms with Gasteiger partial charge in [0.2, 0.25) is 5.88 Å². The van der Waals surface area contributed by atoms with E-state index < -0.39 is 0 Å². The number of rotatable bonds is 3. The molecule has 2 aromatic rings. The molecule has 15 heavy (non-hydrogen) atoms. The van der Waals surface area contributed by atoms with Crippen molar-refractivity contribution in [1.82, 2.24) is 9.97 Å². The summed E-state index contributed by atoms with van der Waals surface area (Å²) in [6.07, 6.45) is 1.56. The van der Waals surface area contributed by atoms with Crippen LogP contribution in [-0.4, -0.2) is 16.6 Å². The second-order valence-electron chi connectivity index (χ2n) is 2.76. The van der Waals surface area contributed by atoms with Crippen molar-refractivity contribution in [2.45, 2.75) is 6.92 Å². The zero-order chi connectivity index (χ0) is 10.7. The minimum Gasteiger partial charge on any atom is -0.478 e. The van der Waals surface area contributed by atoms with Crippen LogP contribution in [0.1, 0.15) is 6.92 Å². The molecule has 0 aliphatic carbocycles. The Labute approximate surface area is 91.9 Å². The lowest BCUT2D eigenvalue weighted by atomic mass is 10.4. The summed E-state index contributed by atoms with van der Waals surface area (Å²) in [6, 6.07) is 5.10. The highest BCUT2D eigenvalue weighted by Gasteiger charge is 2.08. The largest absolute Gasteiger partial charge is 0.478 e. The van der Waals surface area contributed by atoms with Crippen molar-refractivity contribution in [3.63, 3.8) is 0 Å². The van der Waals surface area contributed by atoms with Crippen LogP contribution in [0, 0.1) is 0 Å². The maximum atomic E-state index is 5.83. The fourth-order valence-electron chi connectivity index (χ4n) is 1.13. The molecular formula is C10H9ClN2O2. The third-order valence-electron chi connectivity index (χ3n) is 1.71. The number of aromatic nitrogens is 2. The molecule has 2 aromatic heterocycles. The molecule has 0 atom stereocenters. The highest BCUT2D eigenvalue weighted by atomic mass is 35.5. The van der Waals surface area contributed by atoms with Gasteiger partial charge in [-0.05, 0) is 19.1 Å². The van der Waals surface area contributed by atoms with E-state index in [4.69, 9.17) is 20.8 Å². The highest BCUT2D eigenvalue weighted by Crippen LogP contribution is 2.21. The Morgan fingerprint density at radius 1 is 1.47 bits per heavy atom. The van der Waals surface area contributed by atoms with E-state index in [1.807, 2.05) is 6.92 Å². The predicted octanol–water partition coefficient (Wildman–Crippen LogP) is 2.79. The summed E-state index contributed by atoms with van der Waals surface area (Å²) < 4.78 is 10.4. The molecule has 0 saturated carbocycles. The maximum absolute atomic E-state index is 5.83. The Bertz CT molecular complexity index is 443. The molecule has 2 rings (SSSR count). The van der Waals surface area contributed by atoms with E-state index in [0.717, 1.165) is 0 Å². The first-order valence-corrected chi connectivity index (χ1v) is 4.88. The van der Waals surface area contributed by atoms with Gasteiger partial charge in [0.25, 0.3) is 0 Å². The molecule has 0 aromatic carbocycles. The molecule has 0 bridgehead atoms. The molecule has 0 amide bonds. The van der Waals surface area contributed by atoms with E-state index in [2.05, 4.69) is 9.97 Å². The molecule has 5 heteroatoms. The van der Waals surface area contributed by atoms with E-state index in [1.165, 1.54) is 0 Å². The standard InChI is InChI=1S/C10H9ClN2O2/c1-2-14-9-6-8(11)12-10(13-9)7-4-3-5-15-7/h3-6H,2H2,1H3. The van der Waals surface area contributed by atoms with Gasteiger partial charge >= 0.3 is 0 Å². The molecule has 0 unspecified atom stereocenters. The fourth-order valence-corrected chi connectivity index (χ4v) is 1.31. The van der Waals surface area contributed by atoms with Gasteiger partial charge in [-0.25, -0.2) is 4.98 Å². The Hall–Kier alpha value is -1.55. The second kappa shape index (κ2) is 4.31. The van der Waals surface area contributed by atoms with Crippen molar-refractivity contribution in [1.29, 1.82) is 0 Å². The Morgan fingerprint density at radius 2 is 2.33 bits per heavy atom. The smallest absolute Gasteiger partial charge is 0.218 e. The van der Waals surface area contributed by atoms with Crippen LogP contribution in [0.4, 0.5) is 0 Å². The zero-order valence-corrected chi connectivity index (χ0v) is 8.86. The summed E-state index contributed by atoms with van der Waals surface area (Å²) >= 11 is 5.83. The van der Waals surface area contributed by atoms with Crippen molar-refractivity contribution in [3.8, 4) is 17.5 Å². The van der Waals surface area contributed by atoms with Crippen molar-refractivity contribution >= 4 is 11.6 Å².